The van der Waals surface area contributed by atoms with E-state index in [1.165, 1.54) is 6.20 Å². The topological polar surface area (TPSA) is 113 Å². The Bertz CT molecular complexity index is 1210. The molecule has 0 aliphatic rings. The molecule has 0 saturated carbocycles. The number of nitrogens with two attached hydrogens (primary N) is 1. The van der Waals surface area contributed by atoms with Gasteiger partial charge in [-0.25, -0.2) is 24.3 Å². The zero-order valence-corrected chi connectivity index (χ0v) is 18.8. The average molecular weight is 498 g/mol. The number of benzene rings is 1. The summed E-state index contributed by atoms with van der Waals surface area (Å²) >= 11 is 0. The second-order valence-corrected chi connectivity index (χ2v) is 8.40. The fourth-order valence-corrected chi connectivity index (χ4v) is 3.28. The Morgan fingerprint density at radius 2 is 1.77 bits per heavy atom. The van der Waals surface area contributed by atoms with Crippen LogP contribution in [0.2, 0.25) is 0 Å². The Labute approximate surface area is 197 Å². The van der Waals surface area contributed by atoms with Gasteiger partial charge in [-0.1, -0.05) is 11.8 Å². The van der Waals surface area contributed by atoms with Gasteiger partial charge in [-0.15, -0.1) is 5.10 Å². The number of alkyl halides is 3. The van der Waals surface area contributed by atoms with Crippen LogP contribution in [0.4, 0.5) is 22.0 Å². The molecule has 1 atom stereocenters. The molecule has 8 nitrogen and oxygen atoms in total. The molecular weight excluding hydrogens is 475 g/mol. The average Bonchev–Trinajstić information content (AvgIpc) is 3.19. The molecule has 0 amide bonds. The summed E-state index contributed by atoms with van der Waals surface area (Å²) in [6, 6.07) is 4.83. The maximum absolute atomic E-state index is 15.3. The molecule has 0 aliphatic heterocycles. The number of hydrogen-bond acceptors (Lipinski definition) is 7. The molecule has 0 radical (unpaired) electrons. The van der Waals surface area contributed by atoms with E-state index in [9.17, 15) is 27.8 Å². The van der Waals surface area contributed by atoms with E-state index in [2.05, 4.69) is 21.9 Å². The summed E-state index contributed by atoms with van der Waals surface area (Å²) in [5, 5.41) is 29.8. The number of rotatable bonds is 8. The van der Waals surface area contributed by atoms with Crippen molar-refractivity contribution in [1.82, 2.24) is 25.0 Å². The zero-order chi connectivity index (χ0) is 26.2. The second-order valence-electron chi connectivity index (χ2n) is 8.40. The molecule has 0 saturated heterocycles. The van der Waals surface area contributed by atoms with Gasteiger partial charge in [0.15, 0.2) is 5.82 Å². The molecule has 0 aliphatic carbocycles. The Kier molecular flexibility index (Phi) is 6.97. The highest BCUT2D eigenvalue weighted by Gasteiger charge is 2.57. The molecule has 1 aromatic carbocycles. The molecule has 2 heterocycles. The van der Waals surface area contributed by atoms with Crippen LogP contribution < -0.4 is 5.84 Å². The first kappa shape index (κ1) is 26.2. The van der Waals surface area contributed by atoms with Crippen molar-refractivity contribution in [2.75, 3.05) is 0 Å². The number of nitrogens with zero attached hydrogens (tertiary/aromatic N) is 5. The molecule has 188 valence electrons. The maximum atomic E-state index is 15.3. The lowest BCUT2D eigenvalue weighted by atomic mass is 9.90. The normalized spacial score (nSPS) is 14.0. The highest BCUT2D eigenvalue weighted by molar-refractivity contribution is 5.62. The number of hydrazine groups is 1. The van der Waals surface area contributed by atoms with Crippen LogP contribution in [0.3, 0.4) is 0 Å². The summed E-state index contributed by atoms with van der Waals surface area (Å²) < 4.78 is 72.2. The van der Waals surface area contributed by atoms with E-state index in [0.717, 1.165) is 54.0 Å². The third-order valence-electron chi connectivity index (χ3n) is 5.18. The third-order valence-corrected chi connectivity index (χ3v) is 5.18. The second kappa shape index (κ2) is 9.32. The van der Waals surface area contributed by atoms with Crippen molar-refractivity contribution in [3.05, 3.63) is 77.9 Å². The summed E-state index contributed by atoms with van der Waals surface area (Å²) in [6.07, 6.45) is -2.90. The van der Waals surface area contributed by atoms with Crippen LogP contribution in [0.15, 0.2) is 49.3 Å². The first-order valence-corrected chi connectivity index (χ1v) is 10.2. The predicted octanol–water partition coefficient (Wildman–Crippen LogP) is 3.12. The summed E-state index contributed by atoms with van der Waals surface area (Å²) in [5.41, 5.74) is -7.63. The van der Waals surface area contributed by atoms with E-state index in [1.54, 1.807) is 0 Å². The van der Waals surface area contributed by atoms with Gasteiger partial charge in [-0.3, -0.25) is 0 Å². The lowest BCUT2D eigenvalue weighted by molar-refractivity contribution is -0.274. The smallest absolute Gasteiger partial charge is 0.386 e. The van der Waals surface area contributed by atoms with Gasteiger partial charge in [0.2, 0.25) is 5.60 Å². The van der Waals surface area contributed by atoms with Crippen molar-refractivity contribution < 1.29 is 32.2 Å². The van der Waals surface area contributed by atoms with E-state index in [0.29, 0.717) is 6.07 Å². The minimum atomic E-state index is -5.30. The molecular formula is C22H23F5N6O2. The summed E-state index contributed by atoms with van der Waals surface area (Å²) in [7, 11) is 0. The molecule has 4 N–H and O–H groups in total. The van der Waals surface area contributed by atoms with E-state index in [-0.39, 0.29) is 17.8 Å². The molecule has 0 fully saturated rings. The van der Waals surface area contributed by atoms with E-state index in [1.807, 2.05) is 0 Å². The molecule has 3 rings (SSSR count). The molecule has 2 aromatic heterocycles. The van der Waals surface area contributed by atoms with Crippen LogP contribution in [0.25, 0.3) is 11.3 Å². The van der Waals surface area contributed by atoms with Crippen LogP contribution in [-0.2, 0) is 24.3 Å². The molecule has 3 aromatic rings. The first-order chi connectivity index (χ1) is 16.2. The quantitative estimate of drug-likeness (QED) is 0.249. The van der Waals surface area contributed by atoms with Crippen molar-refractivity contribution >= 4 is 0 Å². The van der Waals surface area contributed by atoms with Gasteiger partial charge in [0.25, 0.3) is 0 Å². The molecule has 0 bridgehead atoms. The maximum Gasteiger partial charge on any atom is 0.424 e. The minimum absolute atomic E-state index is 0.0136. The highest BCUT2D eigenvalue weighted by Crippen LogP contribution is 2.42. The van der Waals surface area contributed by atoms with Crippen LogP contribution in [0.1, 0.15) is 30.8 Å². The Hall–Kier alpha value is -3.42. The number of aromatic nitrogens is 4. The van der Waals surface area contributed by atoms with Crippen molar-refractivity contribution in [3.8, 4) is 11.3 Å². The van der Waals surface area contributed by atoms with Crippen LogP contribution in [0.5, 0.6) is 0 Å². The van der Waals surface area contributed by atoms with Crippen molar-refractivity contribution in [2.45, 2.75) is 44.3 Å². The highest BCUT2D eigenvalue weighted by atomic mass is 19.4. The summed E-state index contributed by atoms with van der Waals surface area (Å²) in [6.45, 7) is 4.58. The predicted molar refractivity (Wildman–Crippen MR) is 115 cm³/mol. The molecule has 35 heavy (non-hydrogen) atoms. The van der Waals surface area contributed by atoms with E-state index >= 15 is 4.39 Å². The zero-order valence-electron chi connectivity index (χ0n) is 18.8. The van der Waals surface area contributed by atoms with Gasteiger partial charge >= 0.3 is 6.18 Å². The van der Waals surface area contributed by atoms with Crippen LogP contribution in [-0.4, -0.2) is 41.4 Å². The van der Waals surface area contributed by atoms with E-state index in [4.69, 9.17) is 5.84 Å². The fourth-order valence-electron chi connectivity index (χ4n) is 3.28. The van der Waals surface area contributed by atoms with Gasteiger partial charge in [0.1, 0.15) is 17.2 Å². The number of aliphatic hydroxyl groups is 2. The van der Waals surface area contributed by atoms with Gasteiger partial charge < -0.3 is 15.2 Å². The first-order valence-electron chi connectivity index (χ1n) is 10.2. The number of pyridine rings is 1. The number of hydrogen-bond donors (Lipinski definition) is 3. The van der Waals surface area contributed by atoms with Crippen molar-refractivity contribution in [2.24, 2.45) is 5.84 Å². The Balaban J connectivity index is 2.17. The standard InChI is InChI=1S/C22H23F5N6O2/c1-4-32(28)10-15-11-33(31-30-15)12-21(35,22(25,26)27)17-9-16(20(2,3)34)18(24)19(29-17)13-5-7-14(23)8-6-13/h4-9,11,34-35H,1,10,12,28H2,2-3H3/t21-/m0/s1. The molecule has 13 heteroatoms. The van der Waals surface area contributed by atoms with Crippen LogP contribution >= 0.6 is 0 Å². The number of halogens is 5. The van der Waals surface area contributed by atoms with E-state index < -0.39 is 52.5 Å². The van der Waals surface area contributed by atoms with Gasteiger partial charge in [0.05, 0.1) is 30.6 Å². The van der Waals surface area contributed by atoms with Gasteiger partial charge in [-0.05, 0) is 44.2 Å². The van der Waals surface area contributed by atoms with Gasteiger partial charge in [0, 0.05) is 17.3 Å². The Morgan fingerprint density at radius 1 is 1.14 bits per heavy atom. The SMILES string of the molecule is C=CN(N)Cc1cn(C[C@](O)(c2cc(C(C)(C)O)c(F)c(-c3ccc(F)cc3)n2)C(F)(F)F)nn1. The lowest BCUT2D eigenvalue weighted by Gasteiger charge is -2.31. The lowest BCUT2D eigenvalue weighted by Crippen LogP contribution is -2.47. The largest absolute Gasteiger partial charge is 0.424 e. The monoisotopic (exact) mass is 498 g/mol. The Morgan fingerprint density at radius 3 is 2.31 bits per heavy atom. The molecule has 0 unspecified atom stereocenters. The fraction of sp³-hybridized carbons (Fsp3) is 0.318. The minimum Gasteiger partial charge on any atom is -0.386 e. The summed E-state index contributed by atoms with van der Waals surface area (Å²) in [4.78, 5) is 3.77. The van der Waals surface area contributed by atoms with Crippen LogP contribution in [0, 0.1) is 11.6 Å². The van der Waals surface area contributed by atoms with Gasteiger partial charge in [-0.2, -0.15) is 13.2 Å². The van der Waals surface area contributed by atoms with Crippen molar-refractivity contribution in [3.63, 3.8) is 0 Å². The third kappa shape index (κ3) is 5.47. The molecule has 0 spiro atoms. The van der Waals surface area contributed by atoms with Crippen molar-refractivity contribution in [1.29, 1.82) is 0 Å². The summed E-state index contributed by atoms with van der Waals surface area (Å²) in [5.74, 6) is 3.80.